The van der Waals surface area contributed by atoms with Crippen LogP contribution in [0.3, 0.4) is 0 Å². The van der Waals surface area contributed by atoms with Crippen molar-refractivity contribution in [3.8, 4) is 17.2 Å². The van der Waals surface area contributed by atoms with Crippen LogP contribution in [0, 0.1) is 0 Å². The molecule has 0 fully saturated rings. The first kappa shape index (κ1) is 16.9. The zero-order valence-electron chi connectivity index (χ0n) is 12.3. The summed E-state index contributed by atoms with van der Waals surface area (Å²) < 4.78 is 39.6. The van der Waals surface area contributed by atoms with Crippen LogP contribution in [0.25, 0.3) is 6.08 Å². The van der Waals surface area contributed by atoms with Gasteiger partial charge in [0.05, 0.1) is 7.11 Å². The Morgan fingerprint density at radius 1 is 1.17 bits per heavy atom. The molecule has 0 aliphatic heterocycles. The second kappa shape index (κ2) is 7.17. The van der Waals surface area contributed by atoms with Crippen molar-refractivity contribution < 1.29 is 27.0 Å². The summed E-state index contributed by atoms with van der Waals surface area (Å²) in [6.45, 7) is 0. The monoisotopic (exact) mass is 336 g/mol. The molecule has 7 heteroatoms. The fourth-order valence-electron chi connectivity index (χ4n) is 2.02. The lowest BCUT2D eigenvalue weighted by Gasteiger charge is -2.06. The molecule has 2 rings (SSSR count). The van der Waals surface area contributed by atoms with Gasteiger partial charge in [-0.1, -0.05) is 30.4 Å². The lowest BCUT2D eigenvalue weighted by atomic mass is 10.1. The quantitative estimate of drug-likeness (QED) is 0.788. The van der Waals surface area contributed by atoms with Crippen LogP contribution in [0.15, 0.2) is 48.5 Å². The number of rotatable bonds is 6. The Balaban J connectivity index is 2.11. The molecule has 0 spiro atoms. The summed E-state index contributed by atoms with van der Waals surface area (Å²) in [5.74, 6) is 0.736. The number of methoxy groups -OCH3 is 1. The number of benzene rings is 2. The highest BCUT2D eigenvalue weighted by Crippen LogP contribution is 2.24. The van der Waals surface area contributed by atoms with Crippen molar-refractivity contribution in [1.82, 2.24) is 0 Å². The molecule has 0 saturated heterocycles. The third-order valence-electron chi connectivity index (χ3n) is 2.98. The fourth-order valence-corrected chi connectivity index (χ4v) is 2.36. The number of hydrogen-bond donors (Lipinski definition) is 2. The van der Waals surface area contributed by atoms with Crippen LogP contribution >= 0.6 is 0 Å². The molecule has 122 valence electrons. The third-order valence-corrected chi connectivity index (χ3v) is 3.38. The van der Waals surface area contributed by atoms with E-state index in [1.807, 2.05) is 6.08 Å². The van der Waals surface area contributed by atoms with E-state index in [2.05, 4.69) is 4.18 Å². The van der Waals surface area contributed by atoms with Gasteiger partial charge in [0.25, 0.3) is 0 Å². The Hall–Kier alpha value is -2.51. The molecule has 0 heterocycles. The van der Waals surface area contributed by atoms with E-state index in [1.54, 1.807) is 30.3 Å². The van der Waals surface area contributed by atoms with Gasteiger partial charge in [0.1, 0.15) is 17.2 Å². The summed E-state index contributed by atoms with van der Waals surface area (Å²) in [7, 11) is -3.01. The Morgan fingerprint density at radius 2 is 1.96 bits per heavy atom. The maximum absolute atomic E-state index is 10.7. The SMILES string of the molecule is COc1cc(O)ccc1C/C=C/c1cccc(OS(=O)(=O)O)c1. The van der Waals surface area contributed by atoms with E-state index in [0.717, 1.165) is 5.56 Å². The van der Waals surface area contributed by atoms with E-state index in [1.165, 1.54) is 25.3 Å². The van der Waals surface area contributed by atoms with Crippen molar-refractivity contribution in [3.05, 3.63) is 59.7 Å². The third kappa shape index (κ3) is 5.32. The molecular formula is C16H16O6S. The van der Waals surface area contributed by atoms with Crippen molar-refractivity contribution in [2.45, 2.75) is 6.42 Å². The first-order valence-corrected chi connectivity index (χ1v) is 8.03. The number of phenolic OH excluding ortho intramolecular Hbond substituents is 1. The minimum absolute atomic E-state index is 0.0249. The van der Waals surface area contributed by atoms with Gasteiger partial charge in [-0.15, -0.1) is 0 Å². The summed E-state index contributed by atoms with van der Waals surface area (Å²) in [4.78, 5) is 0. The fraction of sp³-hybridized carbons (Fsp3) is 0.125. The van der Waals surface area contributed by atoms with Gasteiger partial charge in [-0.05, 0) is 35.7 Å². The van der Waals surface area contributed by atoms with Gasteiger partial charge in [-0.2, -0.15) is 8.42 Å². The molecule has 0 bridgehead atoms. The van der Waals surface area contributed by atoms with Gasteiger partial charge < -0.3 is 14.0 Å². The molecule has 2 aromatic rings. The smallest absolute Gasteiger partial charge is 0.446 e. The van der Waals surface area contributed by atoms with Crippen molar-refractivity contribution in [1.29, 1.82) is 0 Å². The van der Waals surface area contributed by atoms with Crippen molar-refractivity contribution in [2.24, 2.45) is 0 Å². The second-order valence-electron chi connectivity index (χ2n) is 4.69. The van der Waals surface area contributed by atoms with Crippen molar-refractivity contribution >= 4 is 16.5 Å². The van der Waals surface area contributed by atoms with Crippen LogP contribution in [0.5, 0.6) is 17.2 Å². The van der Waals surface area contributed by atoms with Crippen LogP contribution in [0.4, 0.5) is 0 Å². The van der Waals surface area contributed by atoms with Gasteiger partial charge in [-0.25, -0.2) is 0 Å². The maximum Gasteiger partial charge on any atom is 0.446 e. The molecule has 0 amide bonds. The topological polar surface area (TPSA) is 93.1 Å². The standard InChI is InChI=1S/C16H16O6S/c1-21-16-11-14(17)9-8-13(16)6-2-4-12-5-3-7-15(10-12)22-23(18,19)20/h2-5,7-11,17H,6H2,1H3,(H,18,19,20)/b4-2+. The molecule has 2 aromatic carbocycles. The van der Waals surface area contributed by atoms with Gasteiger partial charge >= 0.3 is 10.4 Å². The molecule has 6 nitrogen and oxygen atoms in total. The van der Waals surface area contributed by atoms with E-state index in [9.17, 15) is 13.5 Å². The Bertz CT molecular complexity index is 811. The summed E-state index contributed by atoms with van der Waals surface area (Å²) in [6.07, 6.45) is 4.21. The maximum atomic E-state index is 10.7. The van der Waals surface area contributed by atoms with Crippen LogP contribution < -0.4 is 8.92 Å². The first-order valence-electron chi connectivity index (χ1n) is 6.67. The predicted octanol–water partition coefficient (Wildman–Crippen LogP) is 2.84. The molecule has 0 unspecified atom stereocenters. The number of phenols is 1. The Morgan fingerprint density at radius 3 is 2.65 bits per heavy atom. The number of aromatic hydroxyl groups is 1. The van der Waals surface area contributed by atoms with E-state index in [0.29, 0.717) is 17.7 Å². The molecule has 0 aliphatic rings. The van der Waals surface area contributed by atoms with E-state index in [-0.39, 0.29) is 11.5 Å². The highest BCUT2D eigenvalue weighted by Gasteiger charge is 2.06. The van der Waals surface area contributed by atoms with Gasteiger partial charge in [0.2, 0.25) is 0 Å². The van der Waals surface area contributed by atoms with E-state index >= 15 is 0 Å². The van der Waals surface area contributed by atoms with Crippen LogP contribution in [-0.4, -0.2) is 25.2 Å². The van der Waals surface area contributed by atoms with Crippen molar-refractivity contribution in [3.63, 3.8) is 0 Å². The lowest BCUT2D eigenvalue weighted by molar-refractivity contribution is 0.387. The summed E-state index contributed by atoms with van der Waals surface area (Å²) in [5, 5.41) is 9.41. The number of hydrogen-bond acceptors (Lipinski definition) is 5. The average Bonchev–Trinajstić information content (AvgIpc) is 2.47. The Kier molecular flexibility index (Phi) is 5.25. The molecule has 2 N–H and O–H groups in total. The minimum Gasteiger partial charge on any atom is -0.508 e. The zero-order chi connectivity index (χ0) is 16.9. The van der Waals surface area contributed by atoms with Crippen LogP contribution in [-0.2, 0) is 16.8 Å². The largest absolute Gasteiger partial charge is 0.508 e. The van der Waals surface area contributed by atoms with Gasteiger partial charge in [0.15, 0.2) is 0 Å². The molecular weight excluding hydrogens is 320 g/mol. The average molecular weight is 336 g/mol. The lowest BCUT2D eigenvalue weighted by Crippen LogP contribution is -2.06. The normalized spacial score (nSPS) is 11.6. The molecule has 0 saturated carbocycles. The zero-order valence-corrected chi connectivity index (χ0v) is 13.2. The molecule has 0 aliphatic carbocycles. The highest BCUT2D eigenvalue weighted by molar-refractivity contribution is 7.81. The highest BCUT2D eigenvalue weighted by atomic mass is 32.3. The second-order valence-corrected chi connectivity index (χ2v) is 5.71. The number of allylic oxidation sites excluding steroid dienone is 1. The molecule has 0 aromatic heterocycles. The van der Waals surface area contributed by atoms with Crippen molar-refractivity contribution in [2.75, 3.05) is 7.11 Å². The first-order chi connectivity index (χ1) is 10.9. The number of ether oxygens (including phenoxy) is 1. The van der Waals surface area contributed by atoms with Gasteiger partial charge in [0, 0.05) is 6.07 Å². The van der Waals surface area contributed by atoms with E-state index < -0.39 is 10.4 Å². The molecule has 0 radical (unpaired) electrons. The van der Waals surface area contributed by atoms with Gasteiger partial charge in [-0.3, -0.25) is 4.55 Å². The summed E-state index contributed by atoms with van der Waals surface area (Å²) in [5.41, 5.74) is 1.61. The summed E-state index contributed by atoms with van der Waals surface area (Å²) in [6, 6.07) is 11.2. The Labute approximate surface area is 134 Å². The van der Waals surface area contributed by atoms with E-state index in [4.69, 9.17) is 9.29 Å². The molecule has 23 heavy (non-hydrogen) atoms. The summed E-state index contributed by atoms with van der Waals surface area (Å²) >= 11 is 0. The minimum atomic E-state index is -4.53. The van der Waals surface area contributed by atoms with Crippen LogP contribution in [0.1, 0.15) is 11.1 Å². The molecule has 0 atom stereocenters. The predicted molar refractivity (Wildman–Crippen MR) is 86.0 cm³/mol. The van der Waals surface area contributed by atoms with Crippen LogP contribution in [0.2, 0.25) is 0 Å².